The highest BCUT2D eigenvalue weighted by molar-refractivity contribution is 7.89. The van der Waals surface area contributed by atoms with E-state index in [2.05, 4.69) is 5.32 Å². The molecule has 0 bridgehead atoms. The van der Waals surface area contributed by atoms with Crippen LogP contribution in [0.25, 0.3) is 0 Å². The molecule has 1 heterocycles. The number of urea groups is 1. The fourth-order valence-electron chi connectivity index (χ4n) is 2.76. The zero-order valence-corrected chi connectivity index (χ0v) is 15.1. The molecule has 2 aromatic carbocycles. The van der Waals surface area contributed by atoms with Crippen molar-refractivity contribution in [2.75, 3.05) is 24.7 Å². The Bertz CT molecular complexity index is 931. The van der Waals surface area contributed by atoms with Gasteiger partial charge in [-0.05, 0) is 17.7 Å². The molecule has 138 valence electrons. The largest absolute Gasteiger partial charge is 0.491 e. The molecule has 0 spiro atoms. The Labute approximate surface area is 151 Å². The summed E-state index contributed by atoms with van der Waals surface area (Å²) in [5.74, 6) is -0.122. The van der Waals surface area contributed by atoms with Gasteiger partial charge in [-0.25, -0.2) is 17.6 Å². The van der Waals surface area contributed by atoms with E-state index in [1.165, 1.54) is 12.1 Å². The van der Waals surface area contributed by atoms with E-state index in [1.807, 2.05) is 0 Å². The minimum Gasteiger partial charge on any atom is -0.491 e. The lowest BCUT2D eigenvalue weighted by atomic mass is 10.2. The second kappa shape index (κ2) is 7.33. The van der Waals surface area contributed by atoms with E-state index in [1.54, 1.807) is 35.2 Å². The third kappa shape index (κ3) is 4.51. The molecule has 0 radical (unpaired) electrons. The number of nitrogens with one attached hydrogen (secondary N) is 1. The first kappa shape index (κ1) is 18.2. The van der Waals surface area contributed by atoms with Crippen molar-refractivity contribution in [3.05, 3.63) is 59.4 Å². The van der Waals surface area contributed by atoms with E-state index in [0.29, 0.717) is 29.1 Å². The van der Waals surface area contributed by atoms with Crippen LogP contribution < -0.4 is 10.1 Å². The minimum atomic E-state index is -3.23. The first-order valence-corrected chi connectivity index (χ1v) is 10.1. The summed E-state index contributed by atoms with van der Waals surface area (Å²) in [5.41, 5.74) is 1.69. The number of hydrogen-bond donors (Lipinski definition) is 1. The van der Waals surface area contributed by atoms with Crippen LogP contribution in [0.1, 0.15) is 11.1 Å². The second-order valence-electron chi connectivity index (χ2n) is 6.18. The number of amides is 2. The molecule has 1 aliphatic heterocycles. The van der Waals surface area contributed by atoms with Gasteiger partial charge in [0.25, 0.3) is 0 Å². The first-order chi connectivity index (χ1) is 12.3. The van der Waals surface area contributed by atoms with Crippen molar-refractivity contribution < 1.29 is 22.3 Å². The number of anilines is 1. The monoisotopic (exact) mass is 378 g/mol. The number of carbonyl (C=O) groups is 1. The van der Waals surface area contributed by atoms with Gasteiger partial charge in [0.1, 0.15) is 18.2 Å². The molecule has 0 fully saturated rings. The summed E-state index contributed by atoms with van der Waals surface area (Å²) in [4.78, 5) is 14.2. The van der Waals surface area contributed by atoms with Crippen molar-refractivity contribution in [3.8, 4) is 5.75 Å². The van der Waals surface area contributed by atoms with Gasteiger partial charge in [-0.1, -0.05) is 24.3 Å². The van der Waals surface area contributed by atoms with Crippen molar-refractivity contribution in [2.45, 2.75) is 12.3 Å². The van der Waals surface area contributed by atoms with Crippen LogP contribution in [0.5, 0.6) is 5.75 Å². The SMILES string of the molecule is CS(=O)(=O)Cc1ccccc1NC(=O)N1CCOc2cc(F)ccc2C1. The molecule has 0 aromatic heterocycles. The fraction of sp³-hybridized carbons (Fsp3) is 0.278. The third-order valence-corrected chi connectivity index (χ3v) is 4.81. The van der Waals surface area contributed by atoms with Crippen molar-refractivity contribution in [3.63, 3.8) is 0 Å². The van der Waals surface area contributed by atoms with Crippen molar-refractivity contribution >= 4 is 21.6 Å². The molecule has 8 heteroatoms. The number of para-hydroxylation sites is 1. The summed E-state index contributed by atoms with van der Waals surface area (Å²) in [6, 6.07) is 10.6. The van der Waals surface area contributed by atoms with Crippen LogP contribution in [0.4, 0.5) is 14.9 Å². The van der Waals surface area contributed by atoms with Crippen LogP contribution in [0, 0.1) is 5.82 Å². The molecule has 0 aliphatic carbocycles. The molecule has 2 aromatic rings. The zero-order chi connectivity index (χ0) is 18.7. The van der Waals surface area contributed by atoms with E-state index in [4.69, 9.17) is 4.74 Å². The maximum atomic E-state index is 13.3. The Hall–Kier alpha value is -2.61. The van der Waals surface area contributed by atoms with Crippen molar-refractivity contribution in [1.29, 1.82) is 0 Å². The lowest BCUT2D eigenvalue weighted by Gasteiger charge is -2.21. The number of sulfone groups is 1. The average molecular weight is 378 g/mol. The number of carbonyl (C=O) groups excluding carboxylic acids is 1. The molecule has 1 N–H and O–H groups in total. The third-order valence-electron chi connectivity index (χ3n) is 3.97. The lowest BCUT2D eigenvalue weighted by molar-refractivity contribution is 0.200. The van der Waals surface area contributed by atoms with E-state index >= 15 is 0 Å². The number of halogens is 1. The Morgan fingerprint density at radius 1 is 1.27 bits per heavy atom. The molecule has 6 nitrogen and oxygen atoms in total. The number of rotatable bonds is 3. The molecular formula is C18H19FN2O4S. The molecule has 0 atom stereocenters. The lowest BCUT2D eigenvalue weighted by Crippen LogP contribution is -2.36. The predicted octanol–water partition coefficient (Wildman–Crippen LogP) is 2.80. The number of hydrogen-bond acceptors (Lipinski definition) is 4. The molecule has 2 amide bonds. The zero-order valence-electron chi connectivity index (χ0n) is 14.2. The summed E-state index contributed by atoms with van der Waals surface area (Å²) < 4.78 is 42.0. The van der Waals surface area contributed by atoms with Crippen LogP contribution in [-0.4, -0.2) is 38.8 Å². The Kier molecular flexibility index (Phi) is 5.13. The normalized spacial score (nSPS) is 14.2. The molecule has 1 aliphatic rings. The van der Waals surface area contributed by atoms with Gasteiger partial charge in [0.15, 0.2) is 9.84 Å². The highest BCUT2D eigenvalue weighted by Crippen LogP contribution is 2.25. The summed E-state index contributed by atoms with van der Waals surface area (Å²) in [6.45, 7) is 0.848. The second-order valence-corrected chi connectivity index (χ2v) is 8.32. The standard InChI is InChI=1S/C18H19FN2O4S/c1-26(23,24)12-14-4-2-3-5-16(14)20-18(22)21-8-9-25-17-10-15(19)7-6-13(17)11-21/h2-7,10H,8-9,11-12H2,1H3,(H,20,22). The minimum absolute atomic E-state index is 0.158. The highest BCUT2D eigenvalue weighted by Gasteiger charge is 2.21. The van der Waals surface area contributed by atoms with Crippen LogP contribution in [0.3, 0.4) is 0 Å². The quantitative estimate of drug-likeness (QED) is 0.891. The molecule has 26 heavy (non-hydrogen) atoms. The van der Waals surface area contributed by atoms with E-state index < -0.39 is 15.7 Å². The van der Waals surface area contributed by atoms with Gasteiger partial charge in [0.05, 0.1) is 18.8 Å². The molecule has 0 saturated heterocycles. The number of nitrogens with zero attached hydrogens (tertiary/aromatic N) is 1. The van der Waals surface area contributed by atoms with Crippen molar-refractivity contribution in [1.82, 2.24) is 4.90 Å². The Morgan fingerprint density at radius 3 is 2.81 bits per heavy atom. The predicted molar refractivity (Wildman–Crippen MR) is 96.3 cm³/mol. The van der Waals surface area contributed by atoms with E-state index in [0.717, 1.165) is 6.26 Å². The topological polar surface area (TPSA) is 75.7 Å². The van der Waals surface area contributed by atoms with E-state index in [-0.39, 0.29) is 24.9 Å². The molecule has 0 unspecified atom stereocenters. The molecule has 3 rings (SSSR count). The number of fused-ring (bicyclic) bond motifs is 1. The van der Waals surface area contributed by atoms with Crippen LogP contribution >= 0.6 is 0 Å². The van der Waals surface area contributed by atoms with Crippen LogP contribution in [0.2, 0.25) is 0 Å². The average Bonchev–Trinajstić information content (AvgIpc) is 2.77. The molecular weight excluding hydrogens is 359 g/mol. The van der Waals surface area contributed by atoms with Crippen molar-refractivity contribution in [2.24, 2.45) is 0 Å². The Balaban J connectivity index is 1.77. The van der Waals surface area contributed by atoms with Gasteiger partial charge < -0.3 is 15.0 Å². The Morgan fingerprint density at radius 2 is 2.04 bits per heavy atom. The van der Waals surface area contributed by atoms with Gasteiger partial charge in [0, 0.05) is 23.6 Å². The summed E-state index contributed by atoms with van der Waals surface area (Å²) in [5, 5.41) is 2.77. The van der Waals surface area contributed by atoms with Gasteiger partial charge in [-0.2, -0.15) is 0 Å². The van der Waals surface area contributed by atoms with Crippen LogP contribution in [-0.2, 0) is 22.1 Å². The number of ether oxygens (including phenoxy) is 1. The smallest absolute Gasteiger partial charge is 0.322 e. The van der Waals surface area contributed by atoms with Gasteiger partial charge >= 0.3 is 6.03 Å². The van der Waals surface area contributed by atoms with E-state index in [9.17, 15) is 17.6 Å². The first-order valence-electron chi connectivity index (χ1n) is 8.04. The molecule has 0 saturated carbocycles. The summed E-state index contributed by atoms with van der Waals surface area (Å²) in [6.07, 6.45) is 1.15. The maximum Gasteiger partial charge on any atom is 0.322 e. The highest BCUT2D eigenvalue weighted by atomic mass is 32.2. The summed E-state index contributed by atoms with van der Waals surface area (Å²) in [7, 11) is -3.23. The fourth-order valence-corrected chi connectivity index (χ4v) is 3.58. The van der Waals surface area contributed by atoms with Gasteiger partial charge in [-0.3, -0.25) is 0 Å². The number of benzene rings is 2. The summed E-state index contributed by atoms with van der Waals surface area (Å²) >= 11 is 0. The maximum absolute atomic E-state index is 13.3. The van der Waals surface area contributed by atoms with Gasteiger partial charge in [-0.15, -0.1) is 0 Å². The van der Waals surface area contributed by atoms with Gasteiger partial charge in [0.2, 0.25) is 0 Å². The van der Waals surface area contributed by atoms with Crippen LogP contribution in [0.15, 0.2) is 42.5 Å².